The Morgan fingerprint density at radius 1 is 1.17 bits per heavy atom. The first kappa shape index (κ1) is 17.0. The van der Waals surface area contributed by atoms with Gasteiger partial charge in [-0.3, -0.25) is 9.78 Å². The second-order valence-electron chi connectivity index (χ2n) is 6.11. The third-order valence-corrected chi connectivity index (χ3v) is 3.93. The summed E-state index contributed by atoms with van der Waals surface area (Å²) in [7, 11) is 0. The number of benzene rings is 1. The summed E-state index contributed by atoms with van der Waals surface area (Å²) in [6.07, 6.45) is 2.55. The molecule has 0 saturated heterocycles. The Morgan fingerprint density at radius 3 is 2.43 bits per heavy atom. The van der Waals surface area contributed by atoms with E-state index in [0.717, 1.165) is 17.8 Å². The first-order chi connectivity index (χ1) is 10.9. The number of carbonyl (C=O) groups is 1. The Kier molecular flexibility index (Phi) is 5.37. The van der Waals surface area contributed by atoms with Crippen molar-refractivity contribution in [2.45, 2.75) is 47.1 Å². The zero-order chi connectivity index (χ0) is 17.0. The van der Waals surface area contributed by atoms with Crippen molar-refractivity contribution < 1.29 is 4.79 Å². The molecule has 1 heterocycles. The molecule has 23 heavy (non-hydrogen) atoms. The average Bonchev–Trinajstić information content (AvgIpc) is 2.51. The lowest BCUT2D eigenvalue weighted by atomic mass is 10.0. The second kappa shape index (κ2) is 7.27. The smallest absolute Gasteiger partial charge is 0.270 e. The minimum absolute atomic E-state index is 0.139. The molecule has 0 saturated carbocycles. The fourth-order valence-corrected chi connectivity index (χ4v) is 2.55. The summed E-state index contributed by atoms with van der Waals surface area (Å²) in [5, 5.41) is 6.35. The van der Waals surface area contributed by atoms with Crippen LogP contribution >= 0.6 is 0 Å². The van der Waals surface area contributed by atoms with Crippen LogP contribution in [0.25, 0.3) is 0 Å². The van der Waals surface area contributed by atoms with Gasteiger partial charge in [-0.2, -0.15) is 0 Å². The van der Waals surface area contributed by atoms with E-state index in [1.165, 1.54) is 16.7 Å². The number of rotatable bonds is 5. The first-order valence-corrected chi connectivity index (χ1v) is 8.02. The summed E-state index contributed by atoms with van der Waals surface area (Å²) in [4.78, 5) is 16.4. The third-order valence-electron chi connectivity index (χ3n) is 3.93. The van der Waals surface area contributed by atoms with Crippen molar-refractivity contribution in [1.29, 1.82) is 0 Å². The zero-order valence-corrected chi connectivity index (χ0v) is 14.5. The molecule has 1 atom stereocenters. The number of pyridine rings is 1. The van der Waals surface area contributed by atoms with Crippen molar-refractivity contribution in [2.75, 3.05) is 5.32 Å². The van der Waals surface area contributed by atoms with Crippen molar-refractivity contribution in [1.82, 2.24) is 10.3 Å². The average molecular weight is 311 g/mol. The topological polar surface area (TPSA) is 54.0 Å². The summed E-state index contributed by atoms with van der Waals surface area (Å²) in [6.45, 7) is 10.3. The highest BCUT2D eigenvalue weighted by Crippen LogP contribution is 2.26. The van der Waals surface area contributed by atoms with Crippen LogP contribution in [-0.4, -0.2) is 16.9 Å². The SMILES string of the molecule is CCC(C)NC(=O)c1cc(Nc2c(C)cc(C)cc2C)ccn1. The van der Waals surface area contributed by atoms with Crippen molar-refractivity contribution in [3.05, 3.63) is 52.8 Å². The van der Waals surface area contributed by atoms with Gasteiger partial charge in [0.1, 0.15) is 5.69 Å². The highest BCUT2D eigenvalue weighted by atomic mass is 16.1. The molecule has 0 fully saturated rings. The molecule has 2 N–H and O–H groups in total. The maximum Gasteiger partial charge on any atom is 0.270 e. The summed E-state index contributed by atoms with van der Waals surface area (Å²) >= 11 is 0. The molecule has 2 aromatic rings. The second-order valence-corrected chi connectivity index (χ2v) is 6.11. The maximum absolute atomic E-state index is 12.2. The number of nitrogens with zero attached hydrogens (tertiary/aromatic N) is 1. The van der Waals surface area contributed by atoms with Crippen molar-refractivity contribution in [3.63, 3.8) is 0 Å². The molecule has 0 radical (unpaired) electrons. The Bertz CT molecular complexity index is 687. The highest BCUT2D eigenvalue weighted by molar-refractivity contribution is 5.93. The van der Waals surface area contributed by atoms with E-state index in [-0.39, 0.29) is 11.9 Å². The summed E-state index contributed by atoms with van der Waals surface area (Å²) < 4.78 is 0. The Morgan fingerprint density at radius 2 is 1.83 bits per heavy atom. The molecule has 0 spiro atoms. The number of carbonyl (C=O) groups excluding carboxylic acids is 1. The molecule has 0 aliphatic heterocycles. The number of hydrogen-bond acceptors (Lipinski definition) is 3. The van der Waals surface area contributed by atoms with Gasteiger partial charge in [0.15, 0.2) is 0 Å². The van der Waals surface area contributed by atoms with Crippen LogP contribution in [0.1, 0.15) is 47.4 Å². The number of anilines is 2. The Labute approximate surface area is 138 Å². The van der Waals surface area contributed by atoms with Gasteiger partial charge in [0.25, 0.3) is 5.91 Å². The number of amides is 1. The Hall–Kier alpha value is -2.36. The largest absolute Gasteiger partial charge is 0.355 e. The minimum atomic E-state index is -0.139. The molecule has 4 nitrogen and oxygen atoms in total. The van der Waals surface area contributed by atoms with Gasteiger partial charge in [-0.05, 0) is 57.4 Å². The van der Waals surface area contributed by atoms with Gasteiger partial charge in [0.05, 0.1) is 0 Å². The van der Waals surface area contributed by atoms with Gasteiger partial charge < -0.3 is 10.6 Å². The molecule has 0 aliphatic carbocycles. The predicted octanol–water partition coefficient (Wildman–Crippen LogP) is 4.28. The van der Waals surface area contributed by atoms with Crippen LogP contribution in [0.2, 0.25) is 0 Å². The zero-order valence-electron chi connectivity index (χ0n) is 14.5. The van der Waals surface area contributed by atoms with Gasteiger partial charge in [-0.1, -0.05) is 24.6 Å². The Balaban J connectivity index is 2.22. The van der Waals surface area contributed by atoms with E-state index in [1.54, 1.807) is 12.3 Å². The van der Waals surface area contributed by atoms with Crippen molar-refractivity contribution in [2.24, 2.45) is 0 Å². The third kappa shape index (κ3) is 4.31. The quantitative estimate of drug-likeness (QED) is 0.866. The lowest BCUT2D eigenvalue weighted by Crippen LogP contribution is -2.32. The fourth-order valence-electron chi connectivity index (χ4n) is 2.55. The van der Waals surface area contributed by atoms with E-state index in [2.05, 4.69) is 48.5 Å². The summed E-state index contributed by atoms with van der Waals surface area (Å²) in [6, 6.07) is 8.09. The van der Waals surface area contributed by atoms with E-state index < -0.39 is 0 Å². The van der Waals surface area contributed by atoms with Crippen molar-refractivity contribution in [3.8, 4) is 0 Å². The van der Waals surface area contributed by atoms with Gasteiger partial charge in [0.2, 0.25) is 0 Å². The predicted molar refractivity (Wildman–Crippen MR) is 95.4 cm³/mol. The molecule has 1 aromatic heterocycles. The van der Waals surface area contributed by atoms with E-state index in [9.17, 15) is 4.79 Å². The minimum Gasteiger partial charge on any atom is -0.355 e. The molecule has 0 bridgehead atoms. The highest BCUT2D eigenvalue weighted by Gasteiger charge is 2.11. The molecule has 0 aliphatic rings. The van der Waals surface area contributed by atoms with Gasteiger partial charge in [-0.25, -0.2) is 0 Å². The van der Waals surface area contributed by atoms with E-state index in [4.69, 9.17) is 0 Å². The van der Waals surface area contributed by atoms with Gasteiger partial charge >= 0.3 is 0 Å². The van der Waals surface area contributed by atoms with Crippen LogP contribution in [0.5, 0.6) is 0 Å². The van der Waals surface area contributed by atoms with Crippen LogP contribution in [0.3, 0.4) is 0 Å². The molecule has 1 aromatic carbocycles. The van der Waals surface area contributed by atoms with Crippen molar-refractivity contribution >= 4 is 17.3 Å². The van der Waals surface area contributed by atoms with Crippen LogP contribution in [0, 0.1) is 20.8 Å². The summed E-state index contributed by atoms with van der Waals surface area (Å²) in [5.74, 6) is -0.139. The molecule has 4 heteroatoms. The molecular formula is C19H25N3O. The maximum atomic E-state index is 12.2. The van der Waals surface area contributed by atoms with Crippen LogP contribution in [0.15, 0.2) is 30.5 Å². The van der Waals surface area contributed by atoms with Crippen LogP contribution in [-0.2, 0) is 0 Å². The van der Waals surface area contributed by atoms with Gasteiger partial charge in [0, 0.05) is 23.6 Å². The van der Waals surface area contributed by atoms with E-state index in [0.29, 0.717) is 5.69 Å². The number of aryl methyl sites for hydroxylation is 3. The standard InChI is InChI=1S/C19H25N3O/c1-6-15(5)21-19(23)17-11-16(7-8-20-17)22-18-13(3)9-12(2)10-14(18)4/h7-11,15H,6H2,1-5H3,(H,20,22)(H,21,23). The van der Waals surface area contributed by atoms with E-state index in [1.807, 2.05) is 19.9 Å². The molecule has 2 rings (SSSR count). The van der Waals surface area contributed by atoms with Crippen LogP contribution < -0.4 is 10.6 Å². The molecular weight excluding hydrogens is 286 g/mol. The van der Waals surface area contributed by atoms with E-state index >= 15 is 0 Å². The van der Waals surface area contributed by atoms with Crippen LogP contribution in [0.4, 0.5) is 11.4 Å². The normalized spacial score (nSPS) is 11.9. The fraction of sp³-hybridized carbons (Fsp3) is 0.368. The first-order valence-electron chi connectivity index (χ1n) is 8.02. The monoisotopic (exact) mass is 311 g/mol. The molecule has 1 unspecified atom stereocenters. The molecule has 122 valence electrons. The summed E-state index contributed by atoms with van der Waals surface area (Å²) in [5.41, 5.74) is 5.99. The number of nitrogens with one attached hydrogen (secondary N) is 2. The lowest BCUT2D eigenvalue weighted by Gasteiger charge is -2.15. The number of aromatic nitrogens is 1. The lowest BCUT2D eigenvalue weighted by molar-refractivity contribution is 0.0934. The molecule has 1 amide bonds. The van der Waals surface area contributed by atoms with Gasteiger partial charge in [-0.15, -0.1) is 0 Å². The number of hydrogen-bond donors (Lipinski definition) is 2.